The molecule has 5 nitrogen and oxygen atoms in total. The Bertz CT molecular complexity index is 615. The van der Waals surface area contributed by atoms with Gasteiger partial charge in [-0.15, -0.1) is 11.3 Å². The molecule has 0 spiro atoms. The maximum absolute atomic E-state index is 5.55. The van der Waals surface area contributed by atoms with Crippen LogP contribution in [-0.2, 0) is 17.7 Å². The van der Waals surface area contributed by atoms with E-state index in [4.69, 9.17) is 4.74 Å². The third kappa shape index (κ3) is 3.67. The summed E-state index contributed by atoms with van der Waals surface area (Å²) in [6, 6.07) is 5.37. The van der Waals surface area contributed by atoms with Crippen LogP contribution in [-0.4, -0.2) is 64.7 Å². The van der Waals surface area contributed by atoms with Crippen molar-refractivity contribution in [2.75, 3.05) is 32.8 Å². The molecule has 2 atom stereocenters. The number of pyridine rings is 1. The first-order valence-electron chi connectivity index (χ1n) is 8.73. The molecule has 0 bridgehead atoms. The van der Waals surface area contributed by atoms with E-state index in [1.165, 1.54) is 17.0 Å². The third-order valence-electron chi connectivity index (χ3n) is 5.13. The van der Waals surface area contributed by atoms with E-state index in [1.807, 2.05) is 24.7 Å². The summed E-state index contributed by atoms with van der Waals surface area (Å²) in [5, 5.41) is 3.29. The van der Waals surface area contributed by atoms with Crippen LogP contribution in [0.25, 0.3) is 0 Å². The van der Waals surface area contributed by atoms with Gasteiger partial charge in [-0.2, -0.15) is 0 Å². The fraction of sp³-hybridized carbons (Fsp3) is 0.556. The van der Waals surface area contributed by atoms with Crippen molar-refractivity contribution in [1.82, 2.24) is 19.8 Å². The Morgan fingerprint density at radius 2 is 2.12 bits per heavy atom. The summed E-state index contributed by atoms with van der Waals surface area (Å²) >= 11 is 1.76. The van der Waals surface area contributed by atoms with Gasteiger partial charge in [-0.1, -0.05) is 6.07 Å². The predicted octanol–water partition coefficient (Wildman–Crippen LogP) is 2.06. The Morgan fingerprint density at radius 3 is 2.88 bits per heavy atom. The lowest BCUT2D eigenvalue weighted by Crippen LogP contribution is -2.50. The summed E-state index contributed by atoms with van der Waals surface area (Å²) in [7, 11) is 0. The molecular formula is C18H24N4OS. The fourth-order valence-corrected chi connectivity index (χ4v) is 4.60. The van der Waals surface area contributed by atoms with Crippen molar-refractivity contribution >= 4 is 11.3 Å². The van der Waals surface area contributed by atoms with Crippen molar-refractivity contribution in [3.8, 4) is 0 Å². The van der Waals surface area contributed by atoms with Crippen LogP contribution in [0.15, 0.2) is 36.1 Å². The molecule has 0 aliphatic carbocycles. The highest BCUT2D eigenvalue weighted by atomic mass is 32.1. The van der Waals surface area contributed by atoms with E-state index in [1.54, 1.807) is 11.3 Å². The van der Waals surface area contributed by atoms with Gasteiger partial charge in [0, 0.05) is 55.7 Å². The lowest BCUT2D eigenvalue weighted by atomic mass is 9.99. The van der Waals surface area contributed by atoms with Crippen LogP contribution in [0.5, 0.6) is 0 Å². The zero-order valence-electron chi connectivity index (χ0n) is 13.9. The predicted molar refractivity (Wildman–Crippen MR) is 95.1 cm³/mol. The topological polar surface area (TPSA) is 41.5 Å². The molecule has 0 N–H and O–H groups in total. The molecule has 2 aromatic rings. The quantitative estimate of drug-likeness (QED) is 0.830. The van der Waals surface area contributed by atoms with Crippen LogP contribution in [0.3, 0.4) is 0 Å². The highest BCUT2D eigenvalue weighted by Crippen LogP contribution is 2.28. The van der Waals surface area contributed by atoms with Gasteiger partial charge in [-0.05, 0) is 24.5 Å². The minimum atomic E-state index is 0.524. The lowest BCUT2D eigenvalue weighted by Gasteiger charge is -2.37. The molecule has 2 fully saturated rings. The van der Waals surface area contributed by atoms with Crippen LogP contribution in [0.2, 0.25) is 0 Å². The molecule has 0 saturated carbocycles. The number of aromatic nitrogens is 2. The van der Waals surface area contributed by atoms with Crippen molar-refractivity contribution in [3.05, 3.63) is 46.7 Å². The number of ether oxygens (including phenoxy) is 1. The van der Waals surface area contributed by atoms with Gasteiger partial charge in [0.25, 0.3) is 0 Å². The number of morpholine rings is 1. The third-order valence-corrected chi connectivity index (χ3v) is 5.89. The zero-order chi connectivity index (χ0) is 16.2. The van der Waals surface area contributed by atoms with Crippen molar-refractivity contribution in [3.63, 3.8) is 0 Å². The molecule has 2 saturated heterocycles. The summed E-state index contributed by atoms with van der Waals surface area (Å²) in [6.07, 6.45) is 8.06. The van der Waals surface area contributed by atoms with Crippen LogP contribution in [0, 0.1) is 0 Å². The second-order valence-electron chi connectivity index (χ2n) is 6.53. The van der Waals surface area contributed by atoms with E-state index in [0.29, 0.717) is 12.1 Å². The molecule has 24 heavy (non-hydrogen) atoms. The minimum Gasteiger partial charge on any atom is -0.379 e. The van der Waals surface area contributed by atoms with Crippen molar-refractivity contribution in [1.29, 1.82) is 0 Å². The van der Waals surface area contributed by atoms with Gasteiger partial charge in [-0.25, -0.2) is 4.98 Å². The van der Waals surface area contributed by atoms with E-state index in [-0.39, 0.29) is 0 Å². The number of thiazole rings is 1. The molecule has 2 aromatic heterocycles. The van der Waals surface area contributed by atoms with E-state index in [9.17, 15) is 0 Å². The number of hydrogen-bond acceptors (Lipinski definition) is 6. The number of rotatable bonds is 5. The van der Waals surface area contributed by atoms with Crippen molar-refractivity contribution in [2.24, 2.45) is 0 Å². The van der Waals surface area contributed by atoms with Gasteiger partial charge >= 0.3 is 0 Å². The average Bonchev–Trinajstić information content (AvgIpc) is 3.28. The molecule has 4 rings (SSSR count). The van der Waals surface area contributed by atoms with Gasteiger partial charge < -0.3 is 4.74 Å². The highest BCUT2D eigenvalue weighted by Gasteiger charge is 2.38. The SMILES string of the molecule is c1cncc(C[C@H]2[C@H](N3CCOCC3)CCN2Cc2nccs2)c1. The molecule has 0 radical (unpaired) electrons. The van der Waals surface area contributed by atoms with Gasteiger partial charge in [0.05, 0.1) is 19.8 Å². The first-order valence-corrected chi connectivity index (χ1v) is 9.61. The maximum atomic E-state index is 5.55. The maximum Gasteiger partial charge on any atom is 0.107 e. The van der Waals surface area contributed by atoms with Crippen molar-refractivity contribution in [2.45, 2.75) is 31.5 Å². The van der Waals surface area contributed by atoms with Gasteiger partial charge in [0.1, 0.15) is 5.01 Å². The standard InChI is InChI=1S/C18H24N4OS/c1-2-15(13-19-4-1)12-17-16(21-7-9-23-10-8-21)3-6-22(17)14-18-20-5-11-24-18/h1-2,4-5,11,13,16-17H,3,6-10,12,14H2/t16-,17+/m1/s1. The van der Waals surface area contributed by atoms with Gasteiger partial charge in [0.15, 0.2) is 0 Å². The summed E-state index contributed by atoms with van der Waals surface area (Å²) in [6.45, 7) is 5.94. The second kappa shape index (κ2) is 7.70. The first kappa shape index (κ1) is 16.1. The largest absolute Gasteiger partial charge is 0.379 e. The number of likely N-dealkylation sites (tertiary alicyclic amines) is 1. The molecule has 128 valence electrons. The smallest absolute Gasteiger partial charge is 0.107 e. The summed E-state index contributed by atoms with van der Waals surface area (Å²) in [5.41, 5.74) is 1.33. The van der Waals surface area contributed by atoms with Crippen molar-refractivity contribution < 1.29 is 4.74 Å². The molecular weight excluding hydrogens is 320 g/mol. The zero-order valence-corrected chi connectivity index (χ0v) is 14.7. The number of nitrogens with zero attached hydrogens (tertiary/aromatic N) is 4. The Kier molecular flexibility index (Phi) is 5.18. The highest BCUT2D eigenvalue weighted by molar-refractivity contribution is 7.09. The van der Waals surface area contributed by atoms with Crippen LogP contribution < -0.4 is 0 Å². The van der Waals surface area contributed by atoms with E-state index < -0.39 is 0 Å². The van der Waals surface area contributed by atoms with E-state index in [2.05, 4.69) is 31.2 Å². The van der Waals surface area contributed by atoms with E-state index >= 15 is 0 Å². The monoisotopic (exact) mass is 344 g/mol. The molecule has 0 aromatic carbocycles. The lowest BCUT2D eigenvalue weighted by molar-refractivity contribution is 0.00788. The Morgan fingerprint density at radius 1 is 1.21 bits per heavy atom. The molecule has 4 heterocycles. The average molecular weight is 344 g/mol. The Labute approximate surface area is 147 Å². The van der Waals surface area contributed by atoms with Crippen LogP contribution in [0.4, 0.5) is 0 Å². The Balaban J connectivity index is 1.52. The second-order valence-corrected chi connectivity index (χ2v) is 7.51. The normalized spacial score (nSPS) is 26.0. The van der Waals surface area contributed by atoms with E-state index in [0.717, 1.165) is 45.8 Å². The molecule has 0 unspecified atom stereocenters. The minimum absolute atomic E-state index is 0.524. The summed E-state index contributed by atoms with van der Waals surface area (Å²) in [4.78, 5) is 14.0. The molecule has 6 heteroatoms. The number of hydrogen-bond donors (Lipinski definition) is 0. The van der Waals surface area contributed by atoms with Crippen LogP contribution >= 0.6 is 11.3 Å². The molecule has 0 amide bonds. The Hall–Kier alpha value is -1.34. The summed E-state index contributed by atoms with van der Waals surface area (Å²) in [5.74, 6) is 0. The van der Waals surface area contributed by atoms with Gasteiger partial charge in [0.2, 0.25) is 0 Å². The molecule has 2 aliphatic heterocycles. The van der Waals surface area contributed by atoms with Gasteiger partial charge in [-0.3, -0.25) is 14.8 Å². The molecule has 2 aliphatic rings. The first-order chi connectivity index (χ1) is 11.9. The fourth-order valence-electron chi connectivity index (χ4n) is 3.96. The van der Waals surface area contributed by atoms with Crippen LogP contribution in [0.1, 0.15) is 17.0 Å². The summed E-state index contributed by atoms with van der Waals surface area (Å²) < 4.78 is 5.55.